The Morgan fingerprint density at radius 3 is 2.36 bits per heavy atom. The van der Waals surface area contributed by atoms with E-state index >= 15 is 0 Å². The summed E-state index contributed by atoms with van der Waals surface area (Å²) >= 11 is 0. The van der Waals surface area contributed by atoms with Gasteiger partial charge in [-0.1, -0.05) is 42.5 Å². The van der Waals surface area contributed by atoms with Gasteiger partial charge in [0.15, 0.2) is 0 Å². The van der Waals surface area contributed by atoms with Crippen LogP contribution in [0.25, 0.3) is 0 Å². The lowest BCUT2D eigenvalue weighted by atomic mass is 9.82. The fraction of sp³-hybridized carbons (Fsp3) is 0.409. The van der Waals surface area contributed by atoms with Crippen LogP contribution in [0.4, 0.5) is 8.78 Å². The molecular weight excluding hydrogens is 364 g/mol. The highest BCUT2D eigenvalue weighted by atomic mass is 19.3. The molecule has 1 saturated carbocycles. The monoisotopic (exact) mass is 389 g/mol. The molecule has 6 heteroatoms. The van der Waals surface area contributed by atoms with Crippen molar-refractivity contribution in [2.45, 2.75) is 37.6 Å². The molecule has 3 rings (SSSR count). The molecule has 4 nitrogen and oxygen atoms in total. The summed E-state index contributed by atoms with van der Waals surface area (Å²) in [6.45, 7) is 1.86. The van der Waals surface area contributed by atoms with Crippen LogP contribution in [0.5, 0.6) is 5.75 Å². The van der Waals surface area contributed by atoms with E-state index in [9.17, 15) is 18.7 Å². The maximum atomic E-state index is 12.9. The fourth-order valence-corrected chi connectivity index (χ4v) is 3.34. The Hall–Kier alpha value is -2.47. The van der Waals surface area contributed by atoms with Gasteiger partial charge in [0.25, 0.3) is 0 Å². The van der Waals surface area contributed by atoms with E-state index in [1.807, 2.05) is 37.3 Å². The number of alkyl halides is 2. The van der Waals surface area contributed by atoms with E-state index in [0.29, 0.717) is 5.75 Å². The van der Waals surface area contributed by atoms with Crippen LogP contribution in [0.3, 0.4) is 0 Å². The normalized spacial score (nSPS) is 18.0. The van der Waals surface area contributed by atoms with E-state index in [4.69, 9.17) is 4.74 Å². The number of halogens is 2. The molecule has 2 aromatic carbocycles. The van der Waals surface area contributed by atoms with Crippen LogP contribution in [0.1, 0.15) is 42.9 Å². The minimum absolute atomic E-state index is 0.112. The highest BCUT2D eigenvalue weighted by Gasteiger charge is 2.45. The standard InChI is InChI=1S/C22H25F2NO3/c1-15(17-5-3-2-4-6-17)21(27)25-20(13-26)18-7-9-19(10-8-18)28-14-16-11-22(23,24)12-16/h2-10,15-16,20,26H,11-14H2,1H3,(H,25,27)/t15-,20-/m0/s1. The smallest absolute Gasteiger partial charge is 0.248 e. The Bertz CT molecular complexity index is 772. The summed E-state index contributed by atoms with van der Waals surface area (Å²) < 4.78 is 31.3. The van der Waals surface area contributed by atoms with Crippen molar-refractivity contribution in [3.63, 3.8) is 0 Å². The second kappa shape index (κ2) is 8.69. The molecule has 1 aliphatic carbocycles. The van der Waals surface area contributed by atoms with Crippen LogP contribution in [0, 0.1) is 5.92 Å². The van der Waals surface area contributed by atoms with Crippen LogP contribution in [-0.4, -0.2) is 30.2 Å². The molecule has 2 aromatic rings. The molecule has 0 aromatic heterocycles. The molecular formula is C22H25F2NO3. The van der Waals surface area contributed by atoms with Crippen molar-refractivity contribution in [3.05, 3.63) is 65.7 Å². The van der Waals surface area contributed by atoms with Gasteiger partial charge in [-0.3, -0.25) is 4.79 Å². The van der Waals surface area contributed by atoms with Gasteiger partial charge in [0.1, 0.15) is 5.75 Å². The van der Waals surface area contributed by atoms with Crippen LogP contribution < -0.4 is 10.1 Å². The number of ether oxygens (including phenoxy) is 1. The number of hydrogen-bond donors (Lipinski definition) is 2. The predicted octanol–water partition coefficient (Wildman–Crippen LogP) is 4.06. The van der Waals surface area contributed by atoms with Crippen molar-refractivity contribution in [1.82, 2.24) is 5.32 Å². The number of rotatable bonds is 8. The number of benzene rings is 2. The number of nitrogens with one attached hydrogen (secondary N) is 1. The van der Waals surface area contributed by atoms with Gasteiger partial charge < -0.3 is 15.2 Å². The minimum Gasteiger partial charge on any atom is -0.493 e. The predicted molar refractivity (Wildman–Crippen MR) is 102 cm³/mol. The first-order valence-electron chi connectivity index (χ1n) is 9.45. The quantitative estimate of drug-likeness (QED) is 0.716. The van der Waals surface area contributed by atoms with Crippen LogP contribution in [0.2, 0.25) is 0 Å². The molecule has 0 aliphatic heterocycles. The summed E-state index contributed by atoms with van der Waals surface area (Å²) in [5.41, 5.74) is 1.65. The summed E-state index contributed by atoms with van der Waals surface area (Å²) in [6.07, 6.45) is -0.243. The minimum atomic E-state index is -2.54. The van der Waals surface area contributed by atoms with Crippen molar-refractivity contribution >= 4 is 5.91 Å². The zero-order chi connectivity index (χ0) is 20.1. The first kappa shape index (κ1) is 20.3. The van der Waals surface area contributed by atoms with Gasteiger partial charge in [-0.15, -0.1) is 0 Å². The molecule has 150 valence electrons. The average Bonchev–Trinajstić information content (AvgIpc) is 2.69. The van der Waals surface area contributed by atoms with Crippen molar-refractivity contribution < 1.29 is 23.4 Å². The molecule has 0 heterocycles. The Morgan fingerprint density at radius 1 is 1.14 bits per heavy atom. The van der Waals surface area contributed by atoms with E-state index in [-0.39, 0.29) is 43.8 Å². The van der Waals surface area contributed by atoms with E-state index < -0.39 is 12.0 Å². The summed E-state index contributed by atoms with van der Waals surface area (Å²) in [7, 11) is 0. The van der Waals surface area contributed by atoms with Crippen molar-refractivity contribution in [1.29, 1.82) is 0 Å². The van der Waals surface area contributed by atoms with Crippen LogP contribution in [0.15, 0.2) is 54.6 Å². The lowest BCUT2D eigenvalue weighted by Crippen LogP contribution is -2.38. The van der Waals surface area contributed by atoms with E-state index in [1.54, 1.807) is 24.3 Å². The van der Waals surface area contributed by atoms with Gasteiger partial charge in [-0.25, -0.2) is 8.78 Å². The first-order chi connectivity index (χ1) is 13.4. The van der Waals surface area contributed by atoms with Crippen molar-refractivity contribution in [2.75, 3.05) is 13.2 Å². The maximum Gasteiger partial charge on any atom is 0.248 e. The molecule has 28 heavy (non-hydrogen) atoms. The molecule has 1 aliphatic rings. The molecule has 0 saturated heterocycles. The Morgan fingerprint density at radius 2 is 1.79 bits per heavy atom. The van der Waals surface area contributed by atoms with E-state index in [2.05, 4.69) is 5.32 Å². The largest absolute Gasteiger partial charge is 0.493 e. The molecule has 1 amide bonds. The third-order valence-corrected chi connectivity index (χ3v) is 5.13. The number of hydrogen-bond acceptors (Lipinski definition) is 3. The van der Waals surface area contributed by atoms with Crippen molar-refractivity contribution in [3.8, 4) is 5.75 Å². The first-order valence-corrected chi connectivity index (χ1v) is 9.45. The van der Waals surface area contributed by atoms with Crippen LogP contribution in [-0.2, 0) is 4.79 Å². The van der Waals surface area contributed by atoms with Gasteiger partial charge in [0.05, 0.1) is 25.2 Å². The molecule has 1 fully saturated rings. The summed E-state index contributed by atoms with van der Waals surface area (Å²) in [5, 5.41) is 12.6. The SMILES string of the molecule is C[C@H](C(=O)N[C@@H](CO)c1ccc(OCC2CC(F)(F)C2)cc1)c1ccccc1. The van der Waals surface area contributed by atoms with Crippen LogP contribution >= 0.6 is 0 Å². The number of amides is 1. The molecule has 2 N–H and O–H groups in total. The Labute approximate surface area is 163 Å². The topological polar surface area (TPSA) is 58.6 Å². The fourth-order valence-electron chi connectivity index (χ4n) is 3.34. The third-order valence-electron chi connectivity index (χ3n) is 5.13. The van der Waals surface area contributed by atoms with Gasteiger partial charge in [-0.2, -0.15) is 0 Å². The summed E-state index contributed by atoms with van der Waals surface area (Å²) in [5.74, 6) is -2.57. The second-order valence-electron chi connectivity index (χ2n) is 7.39. The molecule has 0 bridgehead atoms. The van der Waals surface area contributed by atoms with Gasteiger partial charge in [0, 0.05) is 18.8 Å². The van der Waals surface area contributed by atoms with Gasteiger partial charge >= 0.3 is 0 Å². The Kier molecular flexibility index (Phi) is 6.29. The number of carbonyl (C=O) groups excluding carboxylic acids is 1. The highest BCUT2D eigenvalue weighted by molar-refractivity contribution is 5.83. The second-order valence-corrected chi connectivity index (χ2v) is 7.39. The highest BCUT2D eigenvalue weighted by Crippen LogP contribution is 2.42. The lowest BCUT2D eigenvalue weighted by Gasteiger charge is -2.34. The van der Waals surface area contributed by atoms with Gasteiger partial charge in [0.2, 0.25) is 11.8 Å². The third kappa shape index (κ3) is 5.07. The maximum absolute atomic E-state index is 12.9. The lowest BCUT2D eigenvalue weighted by molar-refractivity contribution is -0.123. The zero-order valence-corrected chi connectivity index (χ0v) is 15.8. The summed E-state index contributed by atoms with van der Waals surface area (Å²) in [4.78, 5) is 12.5. The molecule has 2 atom stereocenters. The van der Waals surface area contributed by atoms with E-state index in [1.165, 1.54) is 0 Å². The zero-order valence-electron chi connectivity index (χ0n) is 15.8. The number of aliphatic hydroxyl groups excluding tert-OH is 1. The number of carbonyl (C=O) groups is 1. The van der Waals surface area contributed by atoms with Crippen molar-refractivity contribution in [2.24, 2.45) is 5.92 Å². The molecule has 0 spiro atoms. The Balaban J connectivity index is 1.54. The number of aliphatic hydroxyl groups is 1. The molecule has 0 unspecified atom stereocenters. The average molecular weight is 389 g/mol. The summed E-state index contributed by atoms with van der Waals surface area (Å²) in [6, 6.07) is 15.9. The molecule has 0 radical (unpaired) electrons. The van der Waals surface area contributed by atoms with E-state index in [0.717, 1.165) is 11.1 Å². The van der Waals surface area contributed by atoms with Gasteiger partial charge in [-0.05, 0) is 30.2 Å².